The van der Waals surface area contributed by atoms with E-state index in [0.717, 1.165) is 5.56 Å². The minimum atomic E-state index is -0.459. The van der Waals surface area contributed by atoms with Gasteiger partial charge >= 0.3 is 0 Å². The van der Waals surface area contributed by atoms with Gasteiger partial charge in [-0.2, -0.15) is 0 Å². The summed E-state index contributed by atoms with van der Waals surface area (Å²) in [7, 11) is 0. The van der Waals surface area contributed by atoms with Crippen LogP contribution in [0.25, 0.3) is 0 Å². The molecule has 2 nitrogen and oxygen atoms in total. The first-order valence-corrected chi connectivity index (χ1v) is 6.55. The van der Waals surface area contributed by atoms with Crippen LogP contribution in [0.3, 0.4) is 0 Å². The van der Waals surface area contributed by atoms with Crippen molar-refractivity contribution in [3.8, 4) is 0 Å². The van der Waals surface area contributed by atoms with Gasteiger partial charge in [0, 0.05) is 17.9 Å². The smallest absolute Gasteiger partial charge is 0.144 e. The number of carbonyl (C=O) groups excluding carboxylic acids is 2. The predicted octanol–water partition coefficient (Wildman–Crippen LogP) is 3.46. The summed E-state index contributed by atoms with van der Waals surface area (Å²) in [4.78, 5) is 24.1. The molecule has 2 rings (SSSR count). The van der Waals surface area contributed by atoms with Crippen LogP contribution in [-0.2, 0) is 16.0 Å². The van der Waals surface area contributed by atoms with E-state index in [-0.39, 0.29) is 17.0 Å². The van der Waals surface area contributed by atoms with Gasteiger partial charge in [-0.3, -0.25) is 9.59 Å². The molecule has 1 aromatic carbocycles. The minimum absolute atomic E-state index is 0.0752. The molecule has 0 bridgehead atoms. The Morgan fingerprint density at radius 2 is 1.61 bits per heavy atom. The summed E-state index contributed by atoms with van der Waals surface area (Å²) in [5.41, 5.74) is 0.816. The van der Waals surface area contributed by atoms with Crippen molar-refractivity contribution in [3.05, 3.63) is 34.9 Å². The van der Waals surface area contributed by atoms with Crippen molar-refractivity contribution in [2.45, 2.75) is 33.1 Å². The molecule has 0 aromatic heterocycles. The lowest BCUT2D eigenvalue weighted by Gasteiger charge is -2.32. The summed E-state index contributed by atoms with van der Waals surface area (Å²) >= 11 is 5.82. The fourth-order valence-electron chi connectivity index (χ4n) is 2.52. The highest BCUT2D eigenvalue weighted by Crippen LogP contribution is 2.35. The zero-order valence-corrected chi connectivity index (χ0v) is 11.5. The highest BCUT2D eigenvalue weighted by molar-refractivity contribution is 6.30. The molecule has 1 aromatic rings. The average Bonchev–Trinajstić information content (AvgIpc) is 2.24. The van der Waals surface area contributed by atoms with Crippen LogP contribution >= 0.6 is 11.6 Å². The summed E-state index contributed by atoms with van der Waals surface area (Å²) in [6, 6.07) is 7.34. The van der Waals surface area contributed by atoms with Gasteiger partial charge in [0.05, 0.1) is 5.92 Å². The third kappa shape index (κ3) is 2.99. The monoisotopic (exact) mass is 264 g/mol. The fraction of sp³-hybridized carbons (Fsp3) is 0.467. The molecule has 0 atom stereocenters. The van der Waals surface area contributed by atoms with Crippen molar-refractivity contribution in [2.24, 2.45) is 11.3 Å². The van der Waals surface area contributed by atoms with E-state index in [2.05, 4.69) is 0 Å². The van der Waals surface area contributed by atoms with Crippen LogP contribution in [0.2, 0.25) is 5.02 Å². The van der Waals surface area contributed by atoms with Crippen molar-refractivity contribution in [1.29, 1.82) is 0 Å². The van der Waals surface area contributed by atoms with E-state index in [4.69, 9.17) is 11.6 Å². The second kappa shape index (κ2) is 4.85. The summed E-state index contributed by atoms with van der Waals surface area (Å²) in [6.07, 6.45) is 1.50. The maximum atomic E-state index is 12.0. The number of halogens is 1. The third-order valence-corrected chi connectivity index (χ3v) is 3.69. The van der Waals surface area contributed by atoms with E-state index < -0.39 is 5.92 Å². The molecule has 3 heteroatoms. The fourth-order valence-corrected chi connectivity index (χ4v) is 2.64. The number of Topliss-reactive ketones (excluding diaryl/α,β-unsaturated/α-hetero) is 2. The van der Waals surface area contributed by atoms with Crippen LogP contribution in [0.15, 0.2) is 24.3 Å². The number of ketones is 2. The number of hydrogen-bond donors (Lipinski definition) is 0. The van der Waals surface area contributed by atoms with Crippen molar-refractivity contribution >= 4 is 23.2 Å². The van der Waals surface area contributed by atoms with Crippen LogP contribution in [0, 0.1) is 11.3 Å². The van der Waals surface area contributed by atoms with Crippen molar-refractivity contribution < 1.29 is 9.59 Å². The van der Waals surface area contributed by atoms with E-state index in [1.807, 2.05) is 26.0 Å². The van der Waals surface area contributed by atoms with E-state index >= 15 is 0 Å². The number of rotatable bonds is 2. The van der Waals surface area contributed by atoms with Crippen molar-refractivity contribution in [2.75, 3.05) is 0 Å². The van der Waals surface area contributed by atoms with E-state index in [0.29, 0.717) is 24.3 Å². The first-order valence-electron chi connectivity index (χ1n) is 6.17. The van der Waals surface area contributed by atoms with Crippen LogP contribution in [-0.4, -0.2) is 11.6 Å². The Kier molecular flexibility index (Phi) is 3.58. The van der Waals surface area contributed by atoms with Gasteiger partial charge in [0.25, 0.3) is 0 Å². The van der Waals surface area contributed by atoms with Crippen LogP contribution in [0.4, 0.5) is 0 Å². The van der Waals surface area contributed by atoms with Gasteiger partial charge in [0.1, 0.15) is 11.6 Å². The molecule has 0 unspecified atom stereocenters. The van der Waals surface area contributed by atoms with Crippen LogP contribution < -0.4 is 0 Å². The molecule has 18 heavy (non-hydrogen) atoms. The van der Waals surface area contributed by atoms with E-state index in [1.54, 1.807) is 12.1 Å². The summed E-state index contributed by atoms with van der Waals surface area (Å²) < 4.78 is 0. The second-order valence-corrected chi connectivity index (χ2v) is 6.27. The molecule has 1 saturated carbocycles. The Hall–Kier alpha value is -1.15. The van der Waals surface area contributed by atoms with Gasteiger partial charge < -0.3 is 0 Å². The number of hydrogen-bond acceptors (Lipinski definition) is 2. The van der Waals surface area contributed by atoms with Gasteiger partial charge in [-0.1, -0.05) is 37.6 Å². The molecule has 1 aliphatic carbocycles. The molecule has 96 valence electrons. The Balaban J connectivity index is 2.12. The SMILES string of the molecule is CC1(C)CC(=O)C(Cc2ccc(Cl)cc2)C(=O)C1. The summed E-state index contributed by atoms with van der Waals surface area (Å²) in [5.74, 6) is -0.309. The molecule has 0 aliphatic heterocycles. The topological polar surface area (TPSA) is 34.1 Å². The lowest BCUT2D eigenvalue weighted by Crippen LogP contribution is -2.38. The molecule has 0 radical (unpaired) electrons. The van der Waals surface area contributed by atoms with Gasteiger partial charge in [0.15, 0.2) is 0 Å². The van der Waals surface area contributed by atoms with E-state index in [9.17, 15) is 9.59 Å². The maximum Gasteiger partial charge on any atom is 0.144 e. The van der Waals surface area contributed by atoms with Gasteiger partial charge in [-0.25, -0.2) is 0 Å². The lowest BCUT2D eigenvalue weighted by molar-refractivity contribution is -0.139. The molecule has 0 N–H and O–H groups in total. The molecular weight excluding hydrogens is 248 g/mol. The van der Waals surface area contributed by atoms with Crippen LogP contribution in [0.5, 0.6) is 0 Å². The zero-order chi connectivity index (χ0) is 13.3. The largest absolute Gasteiger partial charge is 0.299 e. The molecule has 0 heterocycles. The first kappa shape index (κ1) is 13.3. The molecule has 0 saturated heterocycles. The highest BCUT2D eigenvalue weighted by atomic mass is 35.5. The molecule has 1 aliphatic rings. The van der Waals surface area contributed by atoms with Gasteiger partial charge in [-0.15, -0.1) is 0 Å². The third-order valence-electron chi connectivity index (χ3n) is 3.44. The maximum absolute atomic E-state index is 12.0. The molecule has 0 amide bonds. The Morgan fingerprint density at radius 3 is 2.11 bits per heavy atom. The molecule has 0 spiro atoms. The van der Waals surface area contributed by atoms with Crippen LogP contribution in [0.1, 0.15) is 32.3 Å². The van der Waals surface area contributed by atoms with Gasteiger partial charge in [-0.05, 0) is 29.5 Å². The zero-order valence-electron chi connectivity index (χ0n) is 10.7. The molecule has 1 fully saturated rings. The lowest BCUT2D eigenvalue weighted by atomic mass is 9.70. The Morgan fingerprint density at radius 1 is 1.11 bits per heavy atom. The minimum Gasteiger partial charge on any atom is -0.299 e. The summed E-state index contributed by atoms with van der Waals surface area (Å²) in [5, 5.41) is 0.668. The standard InChI is InChI=1S/C15H17ClO2/c1-15(2)8-13(17)12(14(18)9-15)7-10-3-5-11(16)6-4-10/h3-6,12H,7-9H2,1-2H3. The van der Waals surface area contributed by atoms with Gasteiger partial charge in [0.2, 0.25) is 0 Å². The van der Waals surface area contributed by atoms with Crippen molar-refractivity contribution in [3.63, 3.8) is 0 Å². The average molecular weight is 265 g/mol. The normalized spacial score (nSPS) is 20.2. The van der Waals surface area contributed by atoms with Crippen molar-refractivity contribution in [1.82, 2.24) is 0 Å². The Labute approximate surface area is 112 Å². The Bertz CT molecular complexity index is 454. The molecular formula is C15H17ClO2. The summed E-state index contributed by atoms with van der Waals surface area (Å²) in [6.45, 7) is 3.95. The number of benzene rings is 1. The second-order valence-electron chi connectivity index (χ2n) is 5.83. The first-order chi connectivity index (χ1) is 8.37. The van der Waals surface area contributed by atoms with E-state index in [1.165, 1.54) is 0 Å². The quantitative estimate of drug-likeness (QED) is 0.767. The predicted molar refractivity (Wildman–Crippen MR) is 71.7 cm³/mol. The highest BCUT2D eigenvalue weighted by Gasteiger charge is 2.39. The number of carbonyl (C=O) groups is 2.